The lowest BCUT2D eigenvalue weighted by Crippen LogP contribution is -2.16. The standard InChI is InChI=1S/C29H24Cl2N2O4/c1-17-13-20(29(35)36)7-10-23(17)18-3-5-19(6-4-18)25(24-11-9-22(30)14-26(24)31)15-27(32-37)21-8-12-28(34)33(2)16-21/h3-14,16,25,27H,15H2,1-2H3,(H,35,36)/t25-,27?/m0/s1. The van der Waals surface area contributed by atoms with Crippen LogP contribution in [0, 0.1) is 11.8 Å². The van der Waals surface area contributed by atoms with Gasteiger partial charge in [0.2, 0.25) is 5.56 Å². The first-order chi connectivity index (χ1) is 17.7. The summed E-state index contributed by atoms with van der Waals surface area (Å²) in [7, 11) is 1.63. The number of pyridine rings is 1. The normalized spacial score (nSPS) is 12.6. The molecule has 1 unspecified atom stereocenters. The molecule has 0 radical (unpaired) electrons. The van der Waals surface area contributed by atoms with Crippen molar-refractivity contribution in [2.75, 3.05) is 0 Å². The number of aryl methyl sites for hydroxylation is 2. The third kappa shape index (κ3) is 5.82. The maximum Gasteiger partial charge on any atom is 0.335 e. The Morgan fingerprint density at radius 2 is 1.68 bits per heavy atom. The summed E-state index contributed by atoms with van der Waals surface area (Å²) in [6.45, 7) is 1.87. The van der Waals surface area contributed by atoms with E-state index in [1.54, 1.807) is 49.6 Å². The number of aromatic nitrogens is 1. The molecule has 0 fully saturated rings. The largest absolute Gasteiger partial charge is 0.478 e. The second kappa shape index (κ2) is 11.1. The van der Waals surface area contributed by atoms with Crippen molar-refractivity contribution in [2.45, 2.75) is 25.3 Å². The average molecular weight is 535 g/mol. The summed E-state index contributed by atoms with van der Waals surface area (Å²) in [5.74, 6) is -1.25. The van der Waals surface area contributed by atoms with Crippen molar-refractivity contribution >= 4 is 29.2 Å². The van der Waals surface area contributed by atoms with Crippen LogP contribution in [0.25, 0.3) is 11.1 Å². The van der Waals surface area contributed by atoms with E-state index in [1.165, 1.54) is 10.6 Å². The van der Waals surface area contributed by atoms with E-state index in [-0.39, 0.29) is 17.0 Å². The van der Waals surface area contributed by atoms with Crippen molar-refractivity contribution in [3.8, 4) is 11.1 Å². The lowest BCUT2D eigenvalue weighted by molar-refractivity contribution is 0.0697. The van der Waals surface area contributed by atoms with Gasteiger partial charge in [0.25, 0.3) is 0 Å². The zero-order valence-corrected chi connectivity index (χ0v) is 21.7. The number of carboxylic acid groups (broad SMARTS) is 1. The number of hydrogen-bond donors (Lipinski definition) is 1. The highest BCUT2D eigenvalue weighted by Crippen LogP contribution is 2.40. The Labute approximate surface area is 224 Å². The molecule has 0 saturated carbocycles. The van der Waals surface area contributed by atoms with Gasteiger partial charge in [-0.1, -0.05) is 64.8 Å². The molecule has 0 aliphatic heterocycles. The smallest absolute Gasteiger partial charge is 0.335 e. The molecule has 4 aromatic rings. The maximum atomic E-state index is 12.0. The molecule has 6 nitrogen and oxygen atoms in total. The Morgan fingerprint density at radius 3 is 2.27 bits per heavy atom. The van der Waals surface area contributed by atoms with Crippen molar-refractivity contribution in [1.82, 2.24) is 4.57 Å². The van der Waals surface area contributed by atoms with Crippen LogP contribution in [0.2, 0.25) is 10.0 Å². The summed E-state index contributed by atoms with van der Waals surface area (Å²) in [4.78, 5) is 35.1. The number of halogens is 2. The fourth-order valence-corrected chi connectivity index (χ4v) is 5.06. The molecule has 0 aliphatic carbocycles. The summed E-state index contributed by atoms with van der Waals surface area (Å²) in [6.07, 6.45) is 1.95. The van der Waals surface area contributed by atoms with E-state index in [1.807, 2.05) is 37.3 Å². The van der Waals surface area contributed by atoms with E-state index < -0.39 is 12.0 Å². The first-order valence-corrected chi connectivity index (χ1v) is 12.3. The van der Waals surface area contributed by atoms with Gasteiger partial charge < -0.3 is 9.67 Å². The van der Waals surface area contributed by atoms with Crippen LogP contribution >= 0.6 is 23.2 Å². The number of rotatable bonds is 8. The van der Waals surface area contributed by atoms with E-state index in [2.05, 4.69) is 5.18 Å². The van der Waals surface area contributed by atoms with Crippen LogP contribution in [0.1, 0.15) is 51.0 Å². The van der Waals surface area contributed by atoms with Gasteiger partial charge in [0.15, 0.2) is 0 Å². The van der Waals surface area contributed by atoms with E-state index in [4.69, 9.17) is 23.2 Å². The number of nitrogens with zero attached hydrogens (tertiary/aromatic N) is 2. The maximum absolute atomic E-state index is 12.0. The van der Waals surface area contributed by atoms with Crippen molar-refractivity contribution in [1.29, 1.82) is 0 Å². The zero-order valence-electron chi connectivity index (χ0n) is 20.2. The molecule has 0 saturated heterocycles. The first-order valence-electron chi connectivity index (χ1n) is 11.6. The number of hydrogen-bond acceptors (Lipinski definition) is 4. The van der Waals surface area contributed by atoms with E-state index >= 15 is 0 Å². The highest BCUT2D eigenvalue weighted by Gasteiger charge is 2.25. The van der Waals surface area contributed by atoms with Gasteiger partial charge in [-0.2, -0.15) is 4.91 Å². The summed E-state index contributed by atoms with van der Waals surface area (Å²) in [6, 6.07) is 20.5. The molecule has 8 heteroatoms. The molecule has 2 atom stereocenters. The van der Waals surface area contributed by atoms with Gasteiger partial charge in [0.1, 0.15) is 6.04 Å². The molecular weight excluding hydrogens is 511 g/mol. The van der Waals surface area contributed by atoms with Crippen LogP contribution in [0.3, 0.4) is 0 Å². The van der Waals surface area contributed by atoms with Crippen molar-refractivity contribution in [3.05, 3.63) is 132 Å². The number of nitroso groups, excluding NO2 is 1. The molecule has 1 aromatic heterocycles. The van der Waals surface area contributed by atoms with E-state index in [0.29, 0.717) is 22.0 Å². The molecule has 4 rings (SSSR count). The summed E-state index contributed by atoms with van der Waals surface area (Å²) in [5.41, 5.74) is 5.14. The minimum atomic E-state index is -0.968. The minimum Gasteiger partial charge on any atom is -0.478 e. The number of aromatic carboxylic acids is 1. The SMILES string of the molecule is Cc1cc(C(=O)O)ccc1-c1ccc([C@H](CC(N=O)c2ccc(=O)n(C)c2)c2ccc(Cl)cc2Cl)cc1. The second-order valence-electron chi connectivity index (χ2n) is 8.94. The third-order valence-electron chi connectivity index (χ3n) is 6.52. The van der Waals surface area contributed by atoms with Crippen LogP contribution in [0.5, 0.6) is 0 Å². The van der Waals surface area contributed by atoms with Gasteiger partial charge in [-0.25, -0.2) is 4.79 Å². The van der Waals surface area contributed by atoms with E-state index in [9.17, 15) is 19.6 Å². The van der Waals surface area contributed by atoms with Crippen LogP contribution in [0.15, 0.2) is 89.0 Å². The quantitative estimate of drug-likeness (QED) is 0.238. The molecule has 0 amide bonds. The predicted octanol–water partition coefficient (Wildman–Crippen LogP) is 7.40. The lowest BCUT2D eigenvalue weighted by Gasteiger charge is -2.23. The summed E-state index contributed by atoms with van der Waals surface area (Å²) >= 11 is 12.7. The van der Waals surface area contributed by atoms with Crippen molar-refractivity contribution in [2.24, 2.45) is 12.2 Å². The molecule has 1 N–H and O–H groups in total. The highest BCUT2D eigenvalue weighted by molar-refractivity contribution is 6.35. The Balaban J connectivity index is 1.74. The zero-order chi connectivity index (χ0) is 26.7. The molecule has 0 bridgehead atoms. The number of carbonyl (C=O) groups is 1. The minimum absolute atomic E-state index is 0.173. The first kappa shape index (κ1) is 26.3. The fourth-order valence-electron chi connectivity index (χ4n) is 4.52. The Morgan fingerprint density at radius 1 is 0.973 bits per heavy atom. The Kier molecular flexibility index (Phi) is 7.91. The molecule has 3 aromatic carbocycles. The van der Waals surface area contributed by atoms with Gasteiger partial charge in [-0.15, -0.1) is 0 Å². The molecule has 188 valence electrons. The van der Waals surface area contributed by atoms with Gasteiger partial charge in [0, 0.05) is 35.3 Å². The molecule has 37 heavy (non-hydrogen) atoms. The second-order valence-corrected chi connectivity index (χ2v) is 9.79. The molecule has 1 heterocycles. The van der Waals surface area contributed by atoms with Crippen LogP contribution < -0.4 is 5.56 Å². The Hall–Kier alpha value is -3.74. The topological polar surface area (TPSA) is 88.7 Å². The van der Waals surface area contributed by atoms with Gasteiger partial charge in [0.05, 0.1) is 5.56 Å². The van der Waals surface area contributed by atoms with Crippen molar-refractivity contribution < 1.29 is 9.90 Å². The lowest BCUT2D eigenvalue weighted by atomic mass is 9.84. The van der Waals surface area contributed by atoms with Crippen LogP contribution in [-0.2, 0) is 7.05 Å². The number of benzene rings is 3. The van der Waals surface area contributed by atoms with Gasteiger partial charge >= 0.3 is 5.97 Å². The fraction of sp³-hybridized carbons (Fsp3) is 0.172. The molecular formula is C29H24Cl2N2O4. The Bertz CT molecular complexity index is 1530. The molecule has 0 spiro atoms. The summed E-state index contributed by atoms with van der Waals surface area (Å²) < 4.78 is 1.42. The van der Waals surface area contributed by atoms with Gasteiger partial charge in [-0.05, 0) is 77.1 Å². The summed E-state index contributed by atoms with van der Waals surface area (Å²) in [5, 5.41) is 13.6. The third-order valence-corrected chi connectivity index (χ3v) is 7.08. The van der Waals surface area contributed by atoms with Crippen molar-refractivity contribution in [3.63, 3.8) is 0 Å². The molecule has 0 aliphatic rings. The van der Waals surface area contributed by atoms with Crippen LogP contribution in [-0.4, -0.2) is 15.6 Å². The highest BCUT2D eigenvalue weighted by atomic mass is 35.5. The number of carboxylic acids is 1. The van der Waals surface area contributed by atoms with Crippen LogP contribution in [0.4, 0.5) is 0 Å². The van der Waals surface area contributed by atoms with Gasteiger partial charge in [-0.3, -0.25) is 4.79 Å². The van der Waals surface area contributed by atoms with E-state index in [0.717, 1.165) is 27.8 Å². The average Bonchev–Trinajstić information content (AvgIpc) is 2.87. The predicted molar refractivity (Wildman–Crippen MR) is 147 cm³/mol. The monoisotopic (exact) mass is 534 g/mol.